The monoisotopic (exact) mass is 802 g/mol. The lowest BCUT2D eigenvalue weighted by Gasteiger charge is -2.37. The van der Waals surface area contributed by atoms with Gasteiger partial charge in [0, 0.05) is 103 Å². The Morgan fingerprint density at radius 1 is 0.854 bits per heavy atom. The average molecular weight is 803 g/mol. The Kier molecular flexibility index (Phi) is 22.4. The fourth-order valence-electron chi connectivity index (χ4n) is 6.69. The normalized spacial score (nSPS) is 27.5. The Bertz CT molecular complexity index is 1280. The van der Waals surface area contributed by atoms with Crippen molar-refractivity contribution in [2.45, 2.75) is 105 Å². The first-order valence-electron chi connectivity index (χ1n) is 16.0. The largest absolute Gasteiger partial charge is 0.392 e. The summed E-state index contributed by atoms with van der Waals surface area (Å²) in [6, 6.07) is 0. The highest BCUT2D eigenvalue weighted by Gasteiger charge is 2.44. The molecule has 1 N–H and O–H groups in total. The average Bonchev–Trinajstić information content (AvgIpc) is 3.78. The van der Waals surface area contributed by atoms with Crippen molar-refractivity contribution in [3.63, 3.8) is 0 Å². The van der Waals surface area contributed by atoms with Crippen LogP contribution in [0.1, 0.15) is 86.5 Å². The Morgan fingerprint density at radius 3 is 1.75 bits per heavy atom. The van der Waals surface area contributed by atoms with Gasteiger partial charge in [-0.15, -0.1) is 13.2 Å². The quantitative estimate of drug-likeness (QED) is 0.227. The van der Waals surface area contributed by atoms with Gasteiger partial charge < -0.3 is 24.1 Å². The van der Waals surface area contributed by atoms with E-state index in [1.807, 2.05) is 20.8 Å². The number of rotatable bonds is 10. The second-order valence-corrected chi connectivity index (χ2v) is 21.8. The molecule has 2 heterocycles. The van der Waals surface area contributed by atoms with Gasteiger partial charge in [-0.3, -0.25) is 14.4 Å². The molecule has 15 heteroatoms. The first kappa shape index (κ1) is 45.9. The van der Waals surface area contributed by atoms with Crippen LogP contribution in [-0.4, -0.2) is 67.6 Å². The molecular formula is C33H54O8S7. The third kappa shape index (κ3) is 13.8. The van der Waals surface area contributed by atoms with E-state index in [0.717, 1.165) is 25.7 Å². The molecule has 4 fully saturated rings. The van der Waals surface area contributed by atoms with Gasteiger partial charge in [0.2, 0.25) is 0 Å². The SMILES string of the molecule is C.C=C[C@](C)(CC(=O)C1C(=O)CCC[C@H]1C)C1OCCO1.C=C[C@](C)(CC(O)C1C(=O)CCC[C@H]1C)C1OCCO1.S=S=S=S=S=S=S. The molecular weight excluding hydrogens is 749 g/mol. The molecule has 7 atom stereocenters. The minimum absolute atomic E-state index is 0. The highest BCUT2D eigenvalue weighted by atomic mass is 33.4. The summed E-state index contributed by atoms with van der Waals surface area (Å²) in [4.78, 5) is 36.7. The Labute approximate surface area is 311 Å². The number of aliphatic hydroxyl groups is 1. The van der Waals surface area contributed by atoms with Gasteiger partial charge in [-0.05, 0) is 43.9 Å². The van der Waals surface area contributed by atoms with E-state index in [1.54, 1.807) is 38.8 Å². The molecule has 2 aliphatic heterocycles. The van der Waals surface area contributed by atoms with Gasteiger partial charge >= 0.3 is 0 Å². The van der Waals surface area contributed by atoms with Crippen LogP contribution in [0.15, 0.2) is 25.3 Å². The van der Waals surface area contributed by atoms with Crippen LogP contribution in [0.2, 0.25) is 0 Å². The fourth-order valence-corrected chi connectivity index (χ4v) is 14.9. The van der Waals surface area contributed by atoms with Gasteiger partial charge in [-0.1, -0.05) is 47.3 Å². The third-order valence-corrected chi connectivity index (χ3v) is 18.3. The number of ketones is 3. The number of carbonyl (C=O) groups excluding carboxylic acids is 3. The molecule has 2 saturated heterocycles. The molecule has 0 bridgehead atoms. The van der Waals surface area contributed by atoms with E-state index in [-0.39, 0.29) is 55.2 Å². The molecule has 0 spiro atoms. The fraction of sp³-hybridized carbons (Fsp3) is 0.788. The van der Waals surface area contributed by atoms with Crippen molar-refractivity contribution in [1.29, 1.82) is 0 Å². The molecule has 0 amide bonds. The van der Waals surface area contributed by atoms with Gasteiger partial charge in [0.05, 0.1) is 38.4 Å². The standard InChI is InChI=1S/C16H26O4.C16H24O4.CH4.S7/c2*1-4-16(3,15-19-8-9-20-15)10-13(18)14-11(2)6-5-7-12(14)17;;1-3-5-7-6-4-2/h4,11,13-15,18H,1,5-10H2,2-3H3;4,11,14-15H,1,5-10H2,2-3H3;1H4;/t11-,13?,14?,16-;11-,14?,16-;;/m11../s1. The van der Waals surface area contributed by atoms with E-state index in [9.17, 15) is 19.5 Å². The molecule has 0 radical (unpaired) electrons. The minimum Gasteiger partial charge on any atom is -0.392 e. The van der Waals surface area contributed by atoms with Gasteiger partial charge in [-0.25, -0.2) is 0 Å². The molecule has 0 aromatic heterocycles. The summed E-state index contributed by atoms with van der Waals surface area (Å²) in [6.45, 7) is 17.8. The van der Waals surface area contributed by atoms with Crippen LogP contribution in [0.3, 0.4) is 0 Å². The van der Waals surface area contributed by atoms with Gasteiger partial charge in [0.25, 0.3) is 0 Å². The smallest absolute Gasteiger partial charge is 0.166 e. The van der Waals surface area contributed by atoms with Gasteiger partial charge in [0.1, 0.15) is 17.3 Å². The van der Waals surface area contributed by atoms with E-state index in [0.29, 0.717) is 45.7 Å². The summed E-state index contributed by atoms with van der Waals surface area (Å²) in [5, 5.41) is 10.6. The summed E-state index contributed by atoms with van der Waals surface area (Å²) < 4.78 is 22.2. The zero-order valence-electron chi connectivity index (χ0n) is 27.8. The molecule has 4 aliphatic rings. The maximum absolute atomic E-state index is 12.6. The van der Waals surface area contributed by atoms with Crippen molar-refractivity contribution >= 4 is 84.1 Å². The molecule has 2 saturated carbocycles. The van der Waals surface area contributed by atoms with Crippen LogP contribution in [-0.2, 0) is 100 Å². The van der Waals surface area contributed by atoms with E-state index in [4.69, 9.17) is 18.9 Å². The van der Waals surface area contributed by atoms with Crippen molar-refractivity contribution < 1.29 is 38.4 Å². The predicted molar refractivity (Wildman–Crippen MR) is 210 cm³/mol. The minimum atomic E-state index is -0.659. The van der Waals surface area contributed by atoms with Crippen LogP contribution in [0, 0.1) is 34.5 Å². The molecule has 3 unspecified atom stereocenters. The van der Waals surface area contributed by atoms with Crippen LogP contribution in [0.25, 0.3) is 0 Å². The van der Waals surface area contributed by atoms with Crippen molar-refractivity contribution in [3.8, 4) is 0 Å². The van der Waals surface area contributed by atoms with Crippen molar-refractivity contribution in [3.05, 3.63) is 25.3 Å². The zero-order chi connectivity index (χ0) is 35.0. The molecule has 4 rings (SSSR count). The van der Waals surface area contributed by atoms with Crippen LogP contribution in [0.4, 0.5) is 0 Å². The van der Waals surface area contributed by atoms with Gasteiger partial charge in [-0.2, -0.15) is 0 Å². The zero-order valence-corrected chi connectivity index (χ0v) is 33.5. The van der Waals surface area contributed by atoms with Crippen LogP contribution >= 0.6 is 0 Å². The third-order valence-electron chi connectivity index (χ3n) is 9.40. The van der Waals surface area contributed by atoms with E-state index < -0.39 is 29.1 Å². The lowest BCUT2D eigenvalue weighted by molar-refractivity contribution is -0.144. The van der Waals surface area contributed by atoms with Crippen LogP contribution in [0.5, 0.6) is 0 Å². The molecule has 8 nitrogen and oxygen atoms in total. The summed E-state index contributed by atoms with van der Waals surface area (Å²) in [5.41, 5.74) is -1.03. The lowest BCUT2D eigenvalue weighted by Crippen LogP contribution is -2.42. The number of hydrogen-bond acceptors (Lipinski definition) is 10. The van der Waals surface area contributed by atoms with Crippen molar-refractivity contribution in [1.82, 2.24) is 0 Å². The van der Waals surface area contributed by atoms with Crippen molar-refractivity contribution in [2.24, 2.45) is 34.5 Å². The second kappa shape index (κ2) is 23.4. The maximum atomic E-state index is 12.6. The lowest BCUT2D eigenvalue weighted by atomic mass is 9.71. The van der Waals surface area contributed by atoms with E-state index in [2.05, 4.69) is 42.5 Å². The Morgan fingerprint density at radius 2 is 1.31 bits per heavy atom. The van der Waals surface area contributed by atoms with Crippen molar-refractivity contribution in [2.75, 3.05) is 26.4 Å². The summed E-state index contributed by atoms with van der Waals surface area (Å²) >= 11 is 9.14. The molecule has 2 aliphatic carbocycles. The molecule has 0 aromatic rings. The number of aliphatic hydroxyl groups excluding tert-OH is 1. The maximum Gasteiger partial charge on any atom is 0.166 e. The molecule has 48 heavy (non-hydrogen) atoms. The second-order valence-electron chi connectivity index (χ2n) is 13.0. The van der Waals surface area contributed by atoms with E-state index in [1.165, 1.54) is 17.8 Å². The Hall–Kier alpha value is -0.170. The van der Waals surface area contributed by atoms with Gasteiger partial charge in [0.15, 0.2) is 12.6 Å². The topological polar surface area (TPSA) is 108 Å². The Balaban J connectivity index is 0.000000395. The summed E-state index contributed by atoms with van der Waals surface area (Å²) in [7, 11) is 7.36. The highest BCUT2D eigenvalue weighted by molar-refractivity contribution is 8.68. The molecule has 276 valence electrons. The van der Waals surface area contributed by atoms with Crippen LogP contribution < -0.4 is 0 Å². The highest BCUT2D eigenvalue weighted by Crippen LogP contribution is 2.39. The number of ether oxygens (including phenoxy) is 4. The number of Topliss-reactive ketones (excluding diaryl/α,β-unsaturated/α-hetero) is 3. The number of hydrogen-bond donors (Lipinski definition) is 1. The summed E-state index contributed by atoms with van der Waals surface area (Å²) in [6.07, 6.45) is 7.66. The van der Waals surface area contributed by atoms with E-state index >= 15 is 0 Å². The first-order valence-corrected chi connectivity index (χ1v) is 24.0. The predicted octanol–water partition coefficient (Wildman–Crippen LogP) is 5.44. The number of carbonyl (C=O) groups is 3. The summed E-state index contributed by atoms with van der Waals surface area (Å²) in [5.74, 6) is -0.0455. The molecule has 0 aromatic carbocycles. The first-order chi connectivity index (χ1) is 22.4.